The molecule has 2 aliphatic rings. The molecule has 4 heterocycles. The van der Waals surface area contributed by atoms with Crippen LogP contribution in [0.3, 0.4) is 0 Å². The topological polar surface area (TPSA) is 63.4 Å². The molecule has 0 atom stereocenters. The molecule has 0 N–H and O–H groups in total. The highest BCUT2D eigenvalue weighted by Crippen LogP contribution is 2.34. The summed E-state index contributed by atoms with van der Waals surface area (Å²) < 4.78 is 2.04. The highest BCUT2D eigenvalue weighted by molar-refractivity contribution is 7.15. The van der Waals surface area contributed by atoms with E-state index >= 15 is 0 Å². The van der Waals surface area contributed by atoms with E-state index in [1.807, 2.05) is 66.1 Å². The third-order valence-corrected chi connectivity index (χ3v) is 7.31. The second kappa shape index (κ2) is 8.24. The third kappa shape index (κ3) is 3.43. The number of aromatic nitrogens is 3. The van der Waals surface area contributed by atoms with Gasteiger partial charge in [0.2, 0.25) is 5.91 Å². The number of aryl methyl sites for hydroxylation is 1. The second-order valence-electron chi connectivity index (χ2n) is 8.06. The Morgan fingerprint density at radius 1 is 1.09 bits per heavy atom. The summed E-state index contributed by atoms with van der Waals surface area (Å²) in [5, 5.41) is 10.2. The van der Waals surface area contributed by atoms with Crippen LogP contribution in [0.2, 0.25) is 5.02 Å². The monoisotopic (exact) mass is 483 g/mol. The Morgan fingerprint density at radius 2 is 1.91 bits per heavy atom. The van der Waals surface area contributed by atoms with E-state index in [4.69, 9.17) is 16.6 Å². The van der Waals surface area contributed by atoms with Gasteiger partial charge in [0, 0.05) is 21.8 Å². The van der Waals surface area contributed by atoms with Crippen molar-refractivity contribution in [2.24, 2.45) is 4.99 Å². The Labute approximate surface area is 205 Å². The number of amides is 1. The van der Waals surface area contributed by atoms with Crippen molar-refractivity contribution in [3.8, 4) is 16.8 Å². The van der Waals surface area contributed by atoms with Crippen molar-refractivity contribution in [3.63, 3.8) is 0 Å². The molecule has 34 heavy (non-hydrogen) atoms. The number of hydrogen-bond acceptors (Lipinski definition) is 5. The number of hydrogen-bond donors (Lipinski definition) is 0. The summed E-state index contributed by atoms with van der Waals surface area (Å²) in [7, 11) is 0. The second-order valence-corrected chi connectivity index (χ2v) is 9.50. The Morgan fingerprint density at radius 3 is 2.79 bits per heavy atom. The van der Waals surface area contributed by atoms with Crippen LogP contribution in [0.4, 0.5) is 5.69 Å². The largest absolute Gasteiger partial charge is 0.300 e. The molecule has 2 aromatic heterocycles. The summed E-state index contributed by atoms with van der Waals surface area (Å²) in [4.78, 5) is 19.9. The summed E-state index contributed by atoms with van der Waals surface area (Å²) in [6, 6.07) is 17.6. The molecule has 0 saturated heterocycles. The van der Waals surface area contributed by atoms with Crippen LogP contribution in [0.15, 0.2) is 59.6 Å². The van der Waals surface area contributed by atoms with Crippen LogP contribution in [0.25, 0.3) is 5.00 Å². The number of benzene rings is 2. The molecule has 1 amide bonds. The predicted molar refractivity (Wildman–Crippen MR) is 134 cm³/mol. The van der Waals surface area contributed by atoms with Gasteiger partial charge in [-0.2, -0.15) is 0 Å². The van der Waals surface area contributed by atoms with Crippen molar-refractivity contribution in [2.75, 3.05) is 11.4 Å². The zero-order valence-corrected chi connectivity index (χ0v) is 19.8. The van der Waals surface area contributed by atoms with E-state index in [-0.39, 0.29) is 5.91 Å². The fraction of sp³-hybridized carbons (Fsp3) is 0.154. The molecule has 2 aliphatic heterocycles. The van der Waals surface area contributed by atoms with E-state index in [9.17, 15) is 4.79 Å². The van der Waals surface area contributed by atoms with E-state index in [1.165, 1.54) is 0 Å². The van der Waals surface area contributed by atoms with Crippen LogP contribution >= 0.6 is 22.9 Å². The molecule has 6 nitrogen and oxygen atoms in total. The van der Waals surface area contributed by atoms with Gasteiger partial charge in [0.15, 0.2) is 5.82 Å². The lowest BCUT2D eigenvalue weighted by Crippen LogP contribution is -2.26. The molecule has 4 aromatic rings. The van der Waals surface area contributed by atoms with Gasteiger partial charge in [-0.25, -0.2) is 0 Å². The van der Waals surface area contributed by atoms with Crippen LogP contribution in [0, 0.1) is 18.8 Å². The summed E-state index contributed by atoms with van der Waals surface area (Å²) >= 11 is 8.10. The number of aliphatic imine (C=N–C) groups is 1. The van der Waals surface area contributed by atoms with Gasteiger partial charge in [-0.05, 0) is 30.7 Å². The van der Waals surface area contributed by atoms with Gasteiger partial charge in [0.05, 0.1) is 23.6 Å². The van der Waals surface area contributed by atoms with E-state index < -0.39 is 0 Å². The normalized spacial score (nSPS) is 14.0. The van der Waals surface area contributed by atoms with Gasteiger partial charge in [-0.1, -0.05) is 59.8 Å². The number of thiophene rings is 1. The maximum Gasteiger partial charge on any atom is 0.232 e. The SMILES string of the molecule is Cc1nnc2n1-c1sc(C#CCN3C(=O)Cc4ccccc43)cc1C(c1ccccc1Cl)=NC2. The smallest absolute Gasteiger partial charge is 0.232 e. The van der Waals surface area contributed by atoms with E-state index in [0.717, 1.165) is 49.6 Å². The number of carbonyl (C=O) groups is 1. The predicted octanol–water partition coefficient (Wildman–Crippen LogP) is 4.58. The standard InChI is InChI=1S/C26H18ClN5OS/c1-16-29-30-23-15-28-25(19-9-3-4-10-21(19)27)20-14-18(34-26(20)32(16)23)8-6-12-31-22-11-5-2-7-17(22)13-24(31)33/h2-5,7,9-11,14H,12-13,15H2,1H3. The first-order valence-electron chi connectivity index (χ1n) is 10.8. The number of carbonyl (C=O) groups excluding carboxylic acids is 1. The molecule has 2 aromatic carbocycles. The average molecular weight is 484 g/mol. The van der Waals surface area contributed by atoms with Crippen LogP contribution in [-0.2, 0) is 17.8 Å². The number of fused-ring (bicyclic) bond motifs is 4. The van der Waals surface area contributed by atoms with Gasteiger partial charge < -0.3 is 4.90 Å². The lowest BCUT2D eigenvalue weighted by atomic mass is 10.0. The van der Waals surface area contributed by atoms with E-state index in [1.54, 1.807) is 16.2 Å². The number of para-hydroxylation sites is 1. The molecule has 0 aliphatic carbocycles. The van der Waals surface area contributed by atoms with Crippen molar-refractivity contribution >= 4 is 40.2 Å². The fourth-order valence-electron chi connectivity index (χ4n) is 4.37. The van der Waals surface area contributed by atoms with Crippen molar-refractivity contribution < 1.29 is 4.79 Å². The van der Waals surface area contributed by atoms with Gasteiger partial charge in [-0.3, -0.25) is 14.4 Å². The Kier molecular flexibility index (Phi) is 5.05. The maximum absolute atomic E-state index is 12.5. The van der Waals surface area contributed by atoms with Crippen molar-refractivity contribution in [1.29, 1.82) is 0 Å². The first kappa shape index (κ1) is 20.8. The zero-order chi connectivity index (χ0) is 23.2. The molecule has 8 heteroatoms. The average Bonchev–Trinajstić information content (AvgIpc) is 3.47. The van der Waals surface area contributed by atoms with Gasteiger partial charge in [0.25, 0.3) is 0 Å². The van der Waals surface area contributed by atoms with Gasteiger partial charge in [-0.15, -0.1) is 21.5 Å². The van der Waals surface area contributed by atoms with Crippen molar-refractivity contribution in [3.05, 3.63) is 92.8 Å². The zero-order valence-electron chi connectivity index (χ0n) is 18.2. The lowest BCUT2D eigenvalue weighted by Gasteiger charge is -2.13. The fourth-order valence-corrected chi connectivity index (χ4v) is 5.69. The number of nitrogens with zero attached hydrogens (tertiary/aromatic N) is 5. The quantitative estimate of drug-likeness (QED) is 0.392. The summed E-state index contributed by atoms with van der Waals surface area (Å²) in [5.41, 5.74) is 4.64. The number of halogens is 1. The van der Waals surface area contributed by atoms with Crippen molar-refractivity contribution in [1.82, 2.24) is 14.8 Å². The van der Waals surface area contributed by atoms with Crippen LogP contribution in [-0.4, -0.2) is 32.9 Å². The number of rotatable bonds is 2. The molecule has 0 fully saturated rings. The molecule has 166 valence electrons. The summed E-state index contributed by atoms with van der Waals surface area (Å²) in [6.07, 6.45) is 0.429. The number of anilines is 1. The van der Waals surface area contributed by atoms with Crippen LogP contribution in [0.1, 0.15) is 33.2 Å². The minimum absolute atomic E-state index is 0.0790. The van der Waals surface area contributed by atoms with Gasteiger partial charge in [0.1, 0.15) is 17.4 Å². The Hall–Kier alpha value is -3.73. The van der Waals surface area contributed by atoms with E-state index in [0.29, 0.717) is 24.5 Å². The summed E-state index contributed by atoms with van der Waals surface area (Å²) in [5.74, 6) is 8.12. The molecule has 0 spiro atoms. The Bertz CT molecular complexity index is 1550. The molecule has 0 radical (unpaired) electrons. The molecular weight excluding hydrogens is 466 g/mol. The third-order valence-electron chi connectivity index (χ3n) is 5.94. The Balaban J connectivity index is 1.39. The maximum atomic E-state index is 12.5. The van der Waals surface area contributed by atoms with Crippen LogP contribution < -0.4 is 4.90 Å². The van der Waals surface area contributed by atoms with Gasteiger partial charge >= 0.3 is 0 Å². The molecule has 0 bridgehead atoms. The van der Waals surface area contributed by atoms with Crippen LogP contribution in [0.5, 0.6) is 0 Å². The molecular formula is C26H18ClN5OS. The minimum Gasteiger partial charge on any atom is -0.300 e. The molecule has 0 saturated carbocycles. The molecule has 0 unspecified atom stereocenters. The van der Waals surface area contributed by atoms with Crippen molar-refractivity contribution in [2.45, 2.75) is 19.9 Å². The van der Waals surface area contributed by atoms with E-state index in [2.05, 4.69) is 22.0 Å². The summed E-state index contributed by atoms with van der Waals surface area (Å²) in [6.45, 7) is 2.70. The molecule has 6 rings (SSSR count). The highest BCUT2D eigenvalue weighted by Gasteiger charge is 2.27. The minimum atomic E-state index is 0.0790. The first-order valence-corrected chi connectivity index (χ1v) is 12.0. The first-order chi connectivity index (χ1) is 16.6. The lowest BCUT2D eigenvalue weighted by molar-refractivity contribution is -0.117. The highest BCUT2D eigenvalue weighted by atomic mass is 35.5.